The van der Waals surface area contributed by atoms with Crippen molar-refractivity contribution in [3.8, 4) is 6.07 Å². The van der Waals surface area contributed by atoms with Crippen LogP contribution in [0.15, 0.2) is 36.4 Å². The van der Waals surface area contributed by atoms with Gasteiger partial charge in [0.2, 0.25) is 0 Å². The average molecular weight is 697 g/mol. The molecule has 0 aliphatic carbocycles. The molecule has 4 aliphatic rings. The Hall–Kier alpha value is -4.02. The minimum absolute atomic E-state index is 0.0335. The normalized spacial score (nSPS) is 25.9. The lowest BCUT2D eigenvalue weighted by molar-refractivity contribution is 0.0209. The predicted octanol–water partition coefficient (Wildman–Crippen LogP) is 5.05. The molecule has 270 valence electrons. The van der Waals surface area contributed by atoms with Crippen molar-refractivity contribution < 1.29 is 32.2 Å². The van der Waals surface area contributed by atoms with Crippen molar-refractivity contribution in [3.05, 3.63) is 64.7 Å². The van der Waals surface area contributed by atoms with E-state index in [1.54, 1.807) is 21.9 Å². The number of likely N-dealkylation sites (tertiary alicyclic amines) is 3. The zero-order valence-corrected chi connectivity index (χ0v) is 29.1. The number of amides is 2. The number of benzene rings is 2. The van der Waals surface area contributed by atoms with Gasteiger partial charge in [-0.1, -0.05) is 19.1 Å². The summed E-state index contributed by atoms with van der Waals surface area (Å²) in [5.74, 6) is -1.17. The van der Waals surface area contributed by atoms with Gasteiger partial charge in [0.05, 0.1) is 44.6 Å². The minimum atomic E-state index is -1.53. The first-order valence-electron chi connectivity index (χ1n) is 17.5. The molecule has 4 heterocycles. The van der Waals surface area contributed by atoms with Gasteiger partial charge in [-0.2, -0.15) is 5.26 Å². The monoisotopic (exact) mass is 696 g/mol. The largest absolute Gasteiger partial charge is 0.453 e. The molecule has 4 aliphatic heterocycles. The van der Waals surface area contributed by atoms with Gasteiger partial charge in [0, 0.05) is 37.6 Å². The number of alkyl carbamates (subject to hydrolysis) is 1. The van der Waals surface area contributed by atoms with E-state index in [9.17, 15) is 19.2 Å². The van der Waals surface area contributed by atoms with Crippen LogP contribution in [0.2, 0.25) is 0 Å². The van der Waals surface area contributed by atoms with Gasteiger partial charge in [-0.05, 0) is 99.1 Å². The fraction of sp³-hybridized carbons (Fsp3) is 0.595. The van der Waals surface area contributed by atoms with Crippen molar-refractivity contribution in [2.24, 2.45) is 11.8 Å². The van der Waals surface area contributed by atoms with Crippen LogP contribution < -0.4 is 10.2 Å². The topological polar surface area (TPSA) is 101 Å². The Bertz CT molecular complexity index is 1600. The molecule has 2 aromatic carbocycles. The number of halogens is 3. The van der Waals surface area contributed by atoms with Crippen molar-refractivity contribution in [1.29, 1.82) is 5.26 Å². The van der Waals surface area contributed by atoms with Gasteiger partial charge in [0.25, 0.3) is 0 Å². The second-order valence-corrected chi connectivity index (χ2v) is 14.5. The zero-order chi connectivity index (χ0) is 35.6. The highest BCUT2D eigenvalue weighted by molar-refractivity contribution is 5.69. The van der Waals surface area contributed by atoms with E-state index in [1.165, 1.54) is 32.4 Å². The van der Waals surface area contributed by atoms with Crippen LogP contribution in [0.3, 0.4) is 0 Å². The van der Waals surface area contributed by atoms with Crippen molar-refractivity contribution in [3.63, 3.8) is 0 Å². The van der Waals surface area contributed by atoms with Crippen LogP contribution in [0.5, 0.6) is 0 Å². The van der Waals surface area contributed by atoms with Gasteiger partial charge >= 0.3 is 12.2 Å². The van der Waals surface area contributed by atoms with Crippen LogP contribution in [-0.2, 0) is 21.4 Å². The van der Waals surface area contributed by atoms with Gasteiger partial charge in [0.1, 0.15) is 11.6 Å². The van der Waals surface area contributed by atoms with Crippen LogP contribution in [0.1, 0.15) is 49.3 Å². The summed E-state index contributed by atoms with van der Waals surface area (Å²) in [5, 5.41) is 12.5. The van der Waals surface area contributed by atoms with E-state index >= 15 is 8.78 Å². The van der Waals surface area contributed by atoms with Crippen LogP contribution in [-0.4, -0.2) is 112 Å². The average Bonchev–Trinajstić information content (AvgIpc) is 3.22. The molecule has 6 rings (SSSR count). The molecule has 4 saturated heterocycles. The van der Waals surface area contributed by atoms with E-state index in [2.05, 4.69) is 21.2 Å². The maximum Gasteiger partial charge on any atom is 0.409 e. The molecule has 0 bridgehead atoms. The maximum absolute atomic E-state index is 16.2. The van der Waals surface area contributed by atoms with Crippen molar-refractivity contribution in [2.45, 2.75) is 56.3 Å². The maximum atomic E-state index is 16.2. The summed E-state index contributed by atoms with van der Waals surface area (Å²) < 4.78 is 56.3. The molecule has 0 saturated carbocycles. The molecule has 50 heavy (non-hydrogen) atoms. The lowest BCUT2D eigenvalue weighted by Gasteiger charge is -2.52. The Morgan fingerprint density at radius 3 is 2.34 bits per heavy atom. The van der Waals surface area contributed by atoms with Crippen molar-refractivity contribution in [1.82, 2.24) is 20.0 Å². The highest BCUT2D eigenvalue weighted by atomic mass is 19.1. The number of nitrogens with one attached hydrogen (secondary N) is 1. The number of alkyl halides is 1. The Labute approximate surface area is 292 Å². The molecule has 4 fully saturated rings. The molecule has 0 radical (unpaired) electrons. The van der Waals surface area contributed by atoms with E-state index in [4.69, 9.17) is 9.47 Å². The van der Waals surface area contributed by atoms with Crippen LogP contribution in [0, 0.1) is 34.8 Å². The summed E-state index contributed by atoms with van der Waals surface area (Å²) in [6.45, 7) is 6.58. The molecular weight excluding hydrogens is 649 g/mol. The first kappa shape index (κ1) is 35.8. The number of rotatable bonds is 8. The van der Waals surface area contributed by atoms with Gasteiger partial charge in [0.15, 0.2) is 5.67 Å². The highest BCUT2D eigenvalue weighted by Gasteiger charge is 2.53. The van der Waals surface area contributed by atoms with Crippen LogP contribution >= 0.6 is 0 Å². The number of carbonyl (C=O) groups excluding carboxylic acids is 2. The summed E-state index contributed by atoms with van der Waals surface area (Å²) in [6, 6.07) is 11.2. The third-order valence-corrected chi connectivity index (χ3v) is 11.6. The van der Waals surface area contributed by atoms with Crippen LogP contribution in [0.4, 0.5) is 28.4 Å². The highest BCUT2D eigenvalue weighted by Crippen LogP contribution is 2.49. The van der Waals surface area contributed by atoms with E-state index in [0.29, 0.717) is 56.7 Å². The molecule has 0 unspecified atom stereocenters. The molecule has 10 nitrogen and oxygen atoms in total. The van der Waals surface area contributed by atoms with E-state index in [1.807, 2.05) is 13.0 Å². The first-order chi connectivity index (χ1) is 24.0. The zero-order valence-electron chi connectivity index (χ0n) is 29.1. The van der Waals surface area contributed by atoms with Gasteiger partial charge in [-0.15, -0.1) is 0 Å². The van der Waals surface area contributed by atoms with Crippen molar-refractivity contribution in [2.75, 3.05) is 78.0 Å². The second kappa shape index (κ2) is 14.7. The Kier molecular flexibility index (Phi) is 10.5. The fourth-order valence-corrected chi connectivity index (χ4v) is 8.78. The SMILES string of the molecule is COC(=O)N[C@H]1CCN(C(=O)OC)C[C@@](c2cccc(F)c2)(C2CCN(CC3(F)CN(c4cc(CN5CCC5)c(C#N)cc4F)C3)CC2)[C@H]1C. The number of anilines is 1. The molecule has 3 atom stereocenters. The van der Waals surface area contributed by atoms with Crippen molar-refractivity contribution >= 4 is 17.9 Å². The number of nitrogens with zero attached hydrogens (tertiary/aromatic N) is 5. The number of methoxy groups -OCH3 is 2. The Balaban J connectivity index is 1.18. The summed E-state index contributed by atoms with van der Waals surface area (Å²) in [5.41, 5.74) is -0.142. The van der Waals surface area contributed by atoms with Gasteiger partial charge < -0.3 is 24.6 Å². The molecule has 2 amide bonds. The number of nitriles is 1. The van der Waals surface area contributed by atoms with E-state index < -0.39 is 34.9 Å². The molecular formula is C37H47F3N6O4. The standard InChI is InChI=1S/C37H47F3N6O4/c1-25-32(42-34(47)49-2)10-15-45(35(48)50-3)24-37(25,29-6-4-7-30(38)18-29)28-8-13-44(14-9-28)21-36(40)22-46(23-36)33-17-27(20-43-11-5-12-43)26(19-41)16-31(33)39/h4,6-7,16-18,25,28,32H,5,8-15,20-24H2,1-3H3,(H,42,47)/t25-,32-,37-/m0/s1. The van der Waals surface area contributed by atoms with E-state index in [-0.39, 0.29) is 44.1 Å². The van der Waals surface area contributed by atoms with E-state index in [0.717, 1.165) is 30.6 Å². The van der Waals surface area contributed by atoms with Gasteiger partial charge in [-0.3, -0.25) is 9.80 Å². The Morgan fingerprint density at radius 1 is 0.980 bits per heavy atom. The molecule has 0 aromatic heterocycles. The molecule has 13 heteroatoms. The number of carbonyl (C=O) groups is 2. The Morgan fingerprint density at radius 2 is 1.72 bits per heavy atom. The number of piperidine rings is 1. The first-order valence-corrected chi connectivity index (χ1v) is 17.5. The van der Waals surface area contributed by atoms with Gasteiger partial charge in [-0.25, -0.2) is 22.8 Å². The molecule has 2 aromatic rings. The third kappa shape index (κ3) is 7.10. The lowest BCUT2D eigenvalue weighted by Crippen LogP contribution is -2.65. The second-order valence-electron chi connectivity index (χ2n) is 14.5. The third-order valence-electron chi connectivity index (χ3n) is 11.6. The summed E-state index contributed by atoms with van der Waals surface area (Å²) in [6.07, 6.45) is 1.81. The number of hydrogen-bond donors (Lipinski definition) is 1. The summed E-state index contributed by atoms with van der Waals surface area (Å²) in [7, 11) is 2.64. The smallest absolute Gasteiger partial charge is 0.409 e. The fourth-order valence-electron chi connectivity index (χ4n) is 8.78. The number of ether oxygens (including phenoxy) is 2. The quantitative estimate of drug-likeness (QED) is 0.410. The molecule has 0 spiro atoms. The lowest BCUT2D eigenvalue weighted by atomic mass is 9.58. The molecule has 1 N–H and O–H groups in total. The summed E-state index contributed by atoms with van der Waals surface area (Å²) in [4.78, 5) is 33.1. The predicted molar refractivity (Wildman–Crippen MR) is 181 cm³/mol. The summed E-state index contributed by atoms with van der Waals surface area (Å²) >= 11 is 0. The number of hydrogen-bond acceptors (Lipinski definition) is 8. The van der Waals surface area contributed by atoms with Crippen LogP contribution in [0.25, 0.3) is 0 Å². The minimum Gasteiger partial charge on any atom is -0.453 e.